The Hall–Kier alpha value is -1.61. The predicted octanol–water partition coefficient (Wildman–Crippen LogP) is 3.30. The van der Waals surface area contributed by atoms with Gasteiger partial charge < -0.3 is 4.74 Å². The molecule has 4 heteroatoms. The molecule has 0 atom stereocenters. The topological polar surface area (TPSA) is 39.2 Å². The van der Waals surface area contributed by atoms with Gasteiger partial charge in [0.2, 0.25) is 0 Å². The molecular formula is C14H14ClNO2. The van der Waals surface area contributed by atoms with Crippen LogP contribution in [0.5, 0.6) is 0 Å². The number of carbonyl (C=O) groups is 1. The largest absolute Gasteiger partial charge is 0.469 e. The molecule has 0 radical (unpaired) electrons. The fourth-order valence-corrected chi connectivity index (χ4v) is 2.13. The Bertz CT molecular complexity index is 590. The maximum Gasteiger partial charge on any atom is 0.305 e. The molecule has 0 N–H and O–H groups in total. The van der Waals surface area contributed by atoms with E-state index in [-0.39, 0.29) is 5.97 Å². The molecule has 0 aliphatic rings. The van der Waals surface area contributed by atoms with E-state index in [9.17, 15) is 4.79 Å². The maximum absolute atomic E-state index is 11.2. The highest BCUT2D eigenvalue weighted by Crippen LogP contribution is 2.23. The van der Waals surface area contributed by atoms with E-state index in [1.807, 2.05) is 31.2 Å². The smallest absolute Gasteiger partial charge is 0.305 e. The Morgan fingerprint density at radius 1 is 1.39 bits per heavy atom. The van der Waals surface area contributed by atoms with Gasteiger partial charge in [-0.15, -0.1) is 0 Å². The highest BCUT2D eigenvalue weighted by Gasteiger charge is 2.07. The van der Waals surface area contributed by atoms with Crippen LogP contribution in [-0.2, 0) is 16.0 Å². The second-order valence-corrected chi connectivity index (χ2v) is 4.60. The second-order valence-electron chi connectivity index (χ2n) is 4.16. The molecule has 2 rings (SSSR count). The summed E-state index contributed by atoms with van der Waals surface area (Å²) in [4.78, 5) is 15.6. The third kappa shape index (κ3) is 2.79. The van der Waals surface area contributed by atoms with Crippen LogP contribution in [0.25, 0.3) is 10.9 Å². The molecule has 0 aliphatic heterocycles. The number of rotatable bonds is 3. The standard InChI is InChI=1S/C14H14ClNO2/c1-9-7-10(3-6-14(17)18-2)12-5-4-11(15)8-13(12)16-9/h4-5,7-8H,3,6H2,1-2H3. The van der Waals surface area contributed by atoms with E-state index in [1.54, 1.807) is 0 Å². The molecule has 1 aromatic heterocycles. The normalized spacial score (nSPS) is 10.6. The van der Waals surface area contributed by atoms with Crippen molar-refractivity contribution >= 4 is 28.5 Å². The van der Waals surface area contributed by atoms with Crippen molar-refractivity contribution in [3.05, 3.63) is 40.5 Å². The SMILES string of the molecule is COC(=O)CCc1cc(C)nc2cc(Cl)ccc12. The van der Waals surface area contributed by atoms with Crippen LogP contribution in [0.15, 0.2) is 24.3 Å². The molecule has 0 saturated heterocycles. The number of halogens is 1. The third-order valence-corrected chi connectivity index (χ3v) is 3.05. The molecule has 0 bridgehead atoms. The fourth-order valence-electron chi connectivity index (χ4n) is 1.97. The summed E-state index contributed by atoms with van der Waals surface area (Å²) in [5, 5.41) is 1.70. The minimum Gasteiger partial charge on any atom is -0.469 e. The minimum absolute atomic E-state index is 0.202. The minimum atomic E-state index is -0.202. The Morgan fingerprint density at radius 2 is 2.17 bits per heavy atom. The van der Waals surface area contributed by atoms with E-state index in [0.29, 0.717) is 17.9 Å². The van der Waals surface area contributed by atoms with Gasteiger partial charge in [0.05, 0.1) is 12.6 Å². The van der Waals surface area contributed by atoms with Crippen LogP contribution >= 0.6 is 11.6 Å². The lowest BCUT2D eigenvalue weighted by Crippen LogP contribution is -2.03. The van der Waals surface area contributed by atoms with Gasteiger partial charge in [0.25, 0.3) is 0 Å². The van der Waals surface area contributed by atoms with E-state index in [4.69, 9.17) is 11.6 Å². The second kappa shape index (κ2) is 5.36. The summed E-state index contributed by atoms with van der Waals surface area (Å²) in [5.74, 6) is -0.202. The number of nitrogens with zero attached hydrogens (tertiary/aromatic N) is 1. The van der Waals surface area contributed by atoms with Crippen LogP contribution in [0, 0.1) is 6.92 Å². The molecule has 0 saturated carbocycles. The number of esters is 1. The van der Waals surface area contributed by atoms with E-state index in [1.165, 1.54) is 7.11 Å². The van der Waals surface area contributed by atoms with Crippen LogP contribution in [-0.4, -0.2) is 18.1 Å². The van der Waals surface area contributed by atoms with Crippen LogP contribution in [0.3, 0.4) is 0 Å². The first-order valence-electron chi connectivity index (χ1n) is 5.73. The summed E-state index contributed by atoms with van der Waals surface area (Å²) in [6, 6.07) is 7.62. The zero-order valence-electron chi connectivity index (χ0n) is 10.4. The number of hydrogen-bond acceptors (Lipinski definition) is 3. The predicted molar refractivity (Wildman–Crippen MR) is 71.8 cm³/mol. The molecule has 94 valence electrons. The van der Waals surface area contributed by atoms with Crippen molar-refractivity contribution in [3.8, 4) is 0 Å². The van der Waals surface area contributed by atoms with Crippen molar-refractivity contribution < 1.29 is 9.53 Å². The molecule has 18 heavy (non-hydrogen) atoms. The van der Waals surface area contributed by atoms with Crippen molar-refractivity contribution in [2.45, 2.75) is 19.8 Å². The fraction of sp³-hybridized carbons (Fsp3) is 0.286. The zero-order valence-corrected chi connectivity index (χ0v) is 11.1. The molecule has 0 amide bonds. The van der Waals surface area contributed by atoms with Gasteiger partial charge in [-0.1, -0.05) is 17.7 Å². The number of pyridine rings is 1. The van der Waals surface area contributed by atoms with E-state index in [0.717, 1.165) is 22.2 Å². The number of ether oxygens (including phenoxy) is 1. The Kier molecular flexibility index (Phi) is 3.82. The molecule has 1 heterocycles. The number of fused-ring (bicyclic) bond motifs is 1. The number of methoxy groups -OCH3 is 1. The molecule has 0 unspecified atom stereocenters. The van der Waals surface area contributed by atoms with Crippen LogP contribution < -0.4 is 0 Å². The third-order valence-electron chi connectivity index (χ3n) is 2.81. The van der Waals surface area contributed by atoms with E-state index >= 15 is 0 Å². The van der Waals surface area contributed by atoms with Crippen LogP contribution in [0.4, 0.5) is 0 Å². The number of carbonyl (C=O) groups excluding carboxylic acids is 1. The first-order valence-corrected chi connectivity index (χ1v) is 6.10. The van der Waals surface area contributed by atoms with Crippen molar-refractivity contribution in [1.82, 2.24) is 4.98 Å². The highest BCUT2D eigenvalue weighted by molar-refractivity contribution is 6.31. The van der Waals surface area contributed by atoms with Crippen molar-refractivity contribution in [3.63, 3.8) is 0 Å². The Morgan fingerprint density at radius 3 is 2.89 bits per heavy atom. The summed E-state index contributed by atoms with van der Waals surface area (Å²) in [6.07, 6.45) is 1.02. The van der Waals surface area contributed by atoms with Gasteiger partial charge in [-0.3, -0.25) is 9.78 Å². The lowest BCUT2D eigenvalue weighted by atomic mass is 10.0. The quantitative estimate of drug-likeness (QED) is 0.798. The number of hydrogen-bond donors (Lipinski definition) is 0. The summed E-state index contributed by atoms with van der Waals surface area (Å²) >= 11 is 5.96. The maximum atomic E-state index is 11.2. The molecule has 0 spiro atoms. The Labute approximate surface area is 111 Å². The van der Waals surface area contributed by atoms with Gasteiger partial charge in [-0.2, -0.15) is 0 Å². The van der Waals surface area contributed by atoms with Crippen LogP contribution in [0.1, 0.15) is 17.7 Å². The summed E-state index contributed by atoms with van der Waals surface area (Å²) < 4.78 is 4.66. The lowest BCUT2D eigenvalue weighted by molar-refractivity contribution is -0.140. The van der Waals surface area contributed by atoms with E-state index in [2.05, 4.69) is 9.72 Å². The van der Waals surface area contributed by atoms with Crippen LogP contribution in [0.2, 0.25) is 5.02 Å². The monoisotopic (exact) mass is 263 g/mol. The van der Waals surface area contributed by atoms with Gasteiger partial charge in [-0.25, -0.2) is 0 Å². The molecular weight excluding hydrogens is 250 g/mol. The molecule has 0 fully saturated rings. The average Bonchev–Trinajstić information content (AvgIpc) is 2.34. The van der Waals surface area contributed by atoms with Gasteiger partial charge in [0, 0.05) is 22.5 Å². The molecule has 3 nitrogen and oxygen atoms in total. The number of aromatic nitrogens is 1. The summed E-state index contributed by atoms with van der Waals surface area (Å²) in [6.45, 7) is 1.93. The highest BCUT2D eigenvalue weighted by atomic mass is 35.5. The lowest BCUT2D eigenvalue weighted by Gasteiger charge is -2.07. The first kappa shape index (κ1) is 12.8. The summed E-state index contributed by atoms with van der Waals surface area (Å²) in [7, 11) is 1.40. The average molecular weight is 264 g/mol. The molecule has 2 aromatic rings. The van der Waals surface area contributed by atoms with E-state index < -0.39 is 0 Å². The van der Waals surface area contributed by atoms with Gasteiger partial charge in [0.1, 0.15) is 0 Å². The van der Waals surface area contributed by atoms with Crippen molar-refractivity contribution in [2.24, 2.45) is 0 Å². The van der Waals surface area contributed by atoms with Gasteiger partial charge in [0.15, 0.2) is 0 Å². The number of benzene rings is 1. The summed E-state index contributed by atoms with van der Waals surface area (Å²) in [5.41, 5.74) is 2.88. The van der Waals surface area contributed by atoms with Crippen molar-refractivity contribution in [2.75, 3.05) is 7.11 Å². The number of aryl methyl sites for hydroxylation is 2. The first-order chi connectivity index (χ1) is 8.60. The van der Waals surface area contributed by atoms with Crippen molar-refractivity contribution in [1.29, 1.82) is 0 Å². The zero-order chi connectivity index (χ0) is 13.1. The van der Waals surface area contributed by atoms with Gasteiger partial charge >= 0.3 is 5.97 Å². The Balaban J connectivity index is 2.39. The molecule has 1 aromatic carbocycles. The van der Waals surface area contributed by atoms with Gasteiger partial charge in [-0.05, 0) is 37.1 Å². The molecule has 0 aliphatic carbocycles.